The van der Waals surface area contributed by atoms with Crippen molar-refractivity contribution in [2.24, 2.45) is 0 Å². The molecule has 0 spiro atoms. The van der Waals surface area contributed by atoms with Gasteiger partial charge in [0, 0.05) is 6.42 Å². The largest absolute Gasteiger partial charge is 0.256 e. The third kappa shape index (κ3) is 1.09. The van der Waals surface area contributed by atoms with E-state index in [1.165, 1.54) is 18.2 Å². The van der Waals surface area contributed by atoms with Gasteiger partial charge in [-0.25, -0.2) is 13.2 Å². The van der Waals surface area contributed by atoms with E-state index in [0.29, 0.717) is 0 Å². The molecule has 0 nitrogen and oxygen atoms in total. The highest BCUT2D eigenvalue weighted by Gasteiger charge is 2.58. The van der Waals surface area contributed by atoms with E-state index in [1.807, 2.05) is 0 Å². The van der Waals surface area contributed by atoms with Crippen LogP contribution < -0.4 is 0 Å². The second-order valence-corrected chi connectivity index (χ2v) is 3.04. The van der Waals surface area contributed by atoms with Gasteiger partial charge in [-0.05, 0) is 11.6 Å². The molecule has 1 aromatic carbocycles. The first-order chi connectivity index (χ1) is 5.61. The fourth-order valence-corrected chi connectivity index (χ4v) is 1.31. The lowest BCUT2D eigenvalue weighted by atomic mass is 10.1. The van der Waals surface area contributed by atoms with Crippen LogP contribution in [0.1, 0.15) is 17.9 Å². The molecule has 1 atom stereocenters. The van der Waals surface area contributed by atoms with Crippen LogP contribution in [0.5, 0.6) is 0 Å². The van der Waals surface area contributed by atoms with Gasteiger partial charge in [-0.1, -0.05) is 18.2 Å². The Bertz CT molecular complexity index is 306. The normalized spacial score (nSPS) is 25.4. The molecule has 3 heteroatoms. The van der Waals surface area contributed by atoms with E-state index >= 15 is 0 Å². The summed E-state index contributed by atoms with van der Waals surface area (Å²) in [5.74, 6) is -4.10. The minimum atomic E-state index is -2.68. The highest BCUT2D eigenvalue weighted by Crippen LogP contribution is 2.56. The van der Waals surface area contributed by atoms with E-state index < -0.39 is 17.7 Å². The average Bonchev–Trinajstić information content (AvgIpc) is 2.61. The number of hydrogen-bond donors (Lipinski definition) is 0. The number of hydrogen-bond acceptors (Lipinski definition) is 0. The molecule has 0 heterocycles. The van der Waals surface area contributed by atoms with Gasteiger partial charge in [0.1, 0.15) is 5.82 Å². The number of alkyl halides is 2. The van der Waals surface area contributed by atoms with Crippen molar-refractivity contribution in [1.82, 2.24) is 0 Å². The summed E-state index contributed by atoms with van der Waals surface area (Å²) in [5.41, 5.74) is 0.141. The monoisotopic (exact) mass is 172 g/mol. The zero-order chi connectivity index (χ0) is 8.77. The number of benzene rings is 1. The van der Waals surface area contributed by atoms with E-state index in [4.69, 9.17) is 0 Å². The van der Waals surface area contributed by atoms with Gasteiger partial charge in [0.15, 0.2) is 0 Å². The van der Waals surface area contributed by atoms with Crippen molar-refractivity contribution in [1.29, 1.82) is 0 Å². The van der Waals surface area contributed by atoms with Crippen LogP contribution in [0, 0.1) is 5.82 Å². The summed E-state index contributed by atoms with van der Waals surface area (Å²) in [7, 11) is 0. The van der Waals surface area contributed by atoms with Gasteiger partial charge in [0.05, 0.1) is 5.92 Å². The van der Waals surface area contributed by atoms with E-state index in [2.05, 4.69) is 0 Å². The lowest BCUT2D eigenvalue weighted by Gasteiger charge is -1.99. The first kappa shape index (κ1) is 7.65. The van der Waals surface area contributed by atoms with Gasteiger partial charge >= 0.3 is 0 Å². The maximum atomic E-state index is 12.9. The van der Waals surface area contributed by atoms with Crippen LogP contribution in [0.25, 0.3) is 0 Å². The Morgan fingerprint density at radius 2 is 1.83 bits per heavy atom. The lowest BCUT2D eigenvalue weighted by Crippen LogP contribution is -1.95. The summed E-state index contributed by atoms with van der Waals surface area (Å²) in [6.07, 6.45) is -0.214. The van der Waals surface area contributed by atoms with Crippen LogP contribution in [0.2, 0.25) is 0 Å². The zero-order valence-electron chi connectivity index (χ0n) is 6.23. The van der Waals surface area contributed by atoms with E-state index in [0.717, 1.165) is 0 Å². The predicted molar refractivity (Wildman–Crippen MR) is 38.7 cm³/mol. The van der Waals surface area contributed by atoms with Crippen LogP contribution in [-0.4, -0.2) is 5.92 Å². The molecule has 0 aliphatic heterocycles. The Kier molecular flexibility index (Phi) is 1.43. The molecule has 0 saturated heterocycles. The SMILES string of the molecule is Fc1ccccc1C1CC1(F)F. The quantitative estimate of drug-likeness (QED) is 0.610. The topological polar surface area (TPSA) is 0 Å². The van der Waals surface area contributed by atoms with Gasteiger partial charge in [-0.15, -0.1) is 0 Å². The van der Waals surface area contributed by atoms with Crippen molar-refractivity contribution in [3.05, 3.63) is 35.6 Å². The third-order valence-corrected chi connectivity index (χ3v) is 2.11. The number of halogens is 3. The van der Waals surface area contributed by atoms with Crippen LogP contribution in [0.15, 0.2) is 24.3 Å². The predicted octanol–water partition coefficient (Wildman–Crippen LogP) is 2.95. The molecule has 0 amide bonds. The van der Waals surface area contributed by atoms with Crippen LogP contribution in [-0.2, 0) is 0 Å². The van der Waals surface area contributed by atoms with Gasteiger partial charge < -0.3 is 0 Å². The molecule has 0 aromatic heterocycles. The Balaban J connectivity index is 2.31. The smallest absolute Gasteiger partial charge is 0.207 e. The fourth-order valence-electron chi connectivity index (χ4n) is 1.31. The highest BCUT2D eigenvalue weighted by molar-refractivity contribution is 5.30. The molecule has 1 fully saturated rings. The standard InChI is InChI=1S/C9H7F3/c10-8-4-2-1-3-6(8)7-5-9(7,11)12/h1-4,7H,5H2. The van der Waals surface area contributed by atoms with Gasteiger partial charge in [-0.2, -0.15) is 0 Å². The van der Waals surface area contributed by atoms with Crippen LogP contribution in [0.4, 0.5) is 13.2 Å². The van der Waals surface area contributed by atoms with Crippen molar-refractivity contribution < 1.29 is 13.2 Å². The Morgan fingerprint density at radius 1 is 1.25 bits per heavy atom. The second-order valence-electron chi connectivity index (χ2n) is 3.04. The van der Waals surface area contributed by atoms with Crippen molar-refractivity contribution in [3.63, 3.8) is 0 Å². The van der Waals surface area contributed by atoms with Crippen LogP contribution >= 0.6 is 0 Å². The lowest BCUT2D eigenvalue weighted by molar-refractivity contribution is 0.111. The molecule has 1 unspecified atom stereocenters. The molecular weight excluding hydrogens is 165 g/mol. The molecule has 1 aromatic rings. The Hall–Kier alpha value is -0.990. The molecule has 2 rings (SSSR count). The molecule has 1 aliphatic carbocycles. The molecule has 0 N–H and O–H groups in total. The Labute approximate surface area is 68.0 Å². The first-order valence-electron chi connectivity index (χ1n) is 3.73. The van der Waals surface area contributed by atoms with Crippen LogP contribution in [0.3, 0.4) is 0 Å². The summed E-state index contributed by atoms with van der Waals surface area (Å²) in [4.78, 5) is 0. The van der Waals surface area contributed by atoms with Crippen molar-refractivity contribution in [3.8, 4) is 0 Å². The average molecular weight is 172 g/mol. The highest BCUT2D eigenvalue weighted by atomic mass is 19.3. The summed E-state index contributed by atoms with van der Waals surface area (Å²) >= 11 is 0. The first-order valence-corrected chi connectivity index (χ1v) is 3.73. The molecule has 0 radical (unpaired) electrons. The Morgan fingerprint density at radius 3 is 2.33 bits per heavy atom. The molecule has 0 bridgehead atoms. The summed E-state index contributed by atoms with van der Waals surface area (Å²) in [5, 5.41) is 0. The second kappa shape index (κ2) is 2.25. The van der Waals surface area contributed by atoms with E-state index in [-0.39, 0.29) is 12.0 Å². The van der Waals surface area contributed by atoms with Gasteiger partial charge in [0.25, 0.3) is 5.92 Å². The maximum Gasteiger partial charge on any atom is 0.256 e. The maximum absolute atomic E-state index is 12.9. The van der Waals surface area contributed by atoms with Gasteiger partial charge in [0.2, 0.25) is 0 Å². The zero-order valence-corrected chi connectivity index (χ0v) is 6.23. The summed E-state index contributed by atoms with van der Waals surface area (Å²) < 4.78 is 37.9. The molecule has 12 heavy (non-hydrogen) atoms. The van der Waals surface area contributed by atoms with Crippen molar-refractivity contribution in [2.75, 3.05) is 0 Å². The fraction of sp³-hybridized carbons (Fsp3) is 0.333. The number of rotatable bonds is 1. The molecular formula is C9H7F3. The summed E-state index contributed by atoms with van der Waals surface area (Å²) in [6, 6.07) is 5.71. The minimum absolute atomic E-state index is 0.141. The van der Waals surface area contributed by atoms with Gasteiger partial charge in [-0.3, -0.25) is 0 Å². The van der Waals surface area contributed by atoms with E-state index in [9.17, 15) is 13.2 Å². The molecule has 1 saturated carbocycles. The third-order valence-electron chi connectivity index (χ3n) is 2.11. The summed E-state index contributed by atoms with van der Waals surface area (Å²) in [6.45, 7) is 0. The minimum Gasteiger partial charge on any atom is -0.207 e. The molecule has 1 aliphatic rings. The van der Waals surface area contributed by atoms with Crippen molar-refractivity contribution in [2.45, 2.75) is 18.3 Å². The van der Waals surface area contributed by atoms with Crippen molar-refractivity contribution >= 4 is 0 Å². The molecule has 64 valence electrons. The van der Waals surface area contributed by atoms with E-state index in [1.54, 1.807) is 6.07 Å².